The first-order valence-electron chi connectivity index (χ1n) is 8.18. The van der Waals surface area contributed by atoms with Gasteiger partial charge in [0.2, 0.25) is 0 Å². The van der Waals surface area contributed by atoms with Crippen molar-refractivity contribution in [1.82, 2.24) is 19.5 Å². The second kappa shape index (κ2) is 7.10. The zero-order valence-corrected chi connectivity index (χ0v) is 13.9. The van der Waals surface area contributed by atoms with E-state index in [0.29, 0.717) is 12.4 Å². The van der Waals surface area contributed by atoms with Crippen LogP contribution in [-0.4, -0.2) is 59.3 Å². The average molecular weight is 316 g/mol. The average Bonchev–Trinajstić information content (AvgIpc) is 2.91. The van der Waals surface area contributed by atoms with Crippen molar-refractivity contribution < 1.29 is 4.52 Å². The summed E-state index contributed by atoms with van der Waals surface area (Å²) in [5.74, 6) is 0.258. The highest BCUT2D eigenvalue weighted by Crippen LogP contribution is 2.20. The molecule has 0 bridgehead atoms. The summed E-state index contributed by atoms with van der Waals surface area (Å²) >= 11 is 0. The van der Waals surface area contributed by atoms with Crippen LogP contribution in [0.4, 0.5) is 0 Å². The molecule has 0 unspecified atom stereocenters. The number of aryl methyl sites for hydroxylation is 1. The molecule has 1 aromatic carbocycles. The van der Waals surface area contributed by atoms with Crippen molar-refractivity contribution in [2.75, 3.05) is 39.8 Å². The maximum Gasteiger partial charge on any atom is 0.441 e. The molecule has 0 aliphatic carbocycles. The molecule has 2 aromatic rings. The Labute approximate surface area is 136 Å². The van der Waals surface area contributed by atoms with Crippen LogP contribution < -0.4 is 5.76 Å². The highest BCUT2D eigenvalue weighted by atomic mass is 16.5. The quantitative estimate of drug-likeness (QED) is 0.836. The van der Waals surface area contributed by atoms with Gasteiger partial charge in [0.15, 0.2) is 5.82 Å². The molecule has 1 aromatic heterocycles. The molecule has 3 rings (SSSR count). The smallest absolute Gasteiger partial charge is 0.304 e. The van der Waals surface area contributed by atoms with Crippen molar-refractivity contribution in [1.29, 1.82) is 0 Å². The van der Waals surface area contributed by atoms with Crippen LogP contribution >= 0.6 is 0 Å². The molecule has 0 amide bonds. The van der Waals surface area contributed by atoms with E-state index in [9.17, 15) is 4.79 Å². The number of hydrogen-bond acceptors (Lipinski definition) is 5. The SMILES string of the molecule is Cc1ccccc1-c1noc(=O)n1CCCN1CCN(C)CC1. The molecule has 0 radical (unpaired) electrons. The highest BCUT2D eigenvalue weighted by Gasteiger charge is 2.16. The first kappa shape index (κ1) is 16.0. The molecule has 6 heteroatoms. The van der Waals surface area contributed by atoms with Crippen molar-refractivity contribution >= 4 is 0 Å². The second-order valence-electron chi connectivity index (χ2n) is 6.24. The molecule has 0 atom stereocenters. The van der Waals surface area contributed by atoms with Crippen molar-refractivity contribution in [3.05, 3.63) is 40.4 Å². The second-order valence-corrected chi connectivity index (χ2v) is 6.24. The summed E-state index contributed by atoms with van der Waals surface area (Å²) in [7, 11) is 2.16. The number of aromatic nitrogens is 2. The van der Waals surface area contributed by atoms with Gasteiger partial charge in [-0.2, -0.15) is 0 Å². The zero-order valence-electron chi connectivity index (χ0n) is 13.9. The van der Waals surface area contributed by atoms with Gasteiger partial charge >= 0.3 is 5.76 Å². The van der Waals surface area contributed by atoms with Crippen LogP contribution in [0.15, 0.2) is 33.6 Å². The van der Waals surface area contributed by atoms with Crippen LogP contribution in [0.2, 0.25) is 0 Å². The fourth-order valence-corrected chi connectivity index (χ4v) is 3.01. The summed E-state index contributed by atoms with van der Waals surface area (Å²) in [4.78, 5) is 16.8. The maximum atomic E-state index is 12.0. The first-order valence-corrected chi connectivity index (χ1v) is 8.18. The van der Waals surface area contributed by atoms with Gasteiger partial charge in [0, 0.05) is 38.3 Å². The Balaban J connectivity index is 1.66. The highest BCUT2D eigenvalue weighted by molar-refractivity contribution is 5.59. The fraction of sp³-hybridized carbons (Fsp3) is 0.529. The van der Waals surface area contributed by atoms with Gasteiger partial charge in [-0.3, -0.25) is 9.09 Å². The topological polar surface area (TPSA) is 54.5 Å². The molecule has 1 aliphatic heterocycles. The van der Waals surface area contributed by atoms with E-state index in [-0.39, 0.29) is 5.76 Å². The van der Waals surface area contributed by atoms with Crippen molar-refractivity contribution in [2.45, 2.75) is 19.9 Å². The van der Waals surface area contributed by atoms with Gasteiger partial charge in [-0.05, 0) is 32.5 Å². The molecule has 124 valence electrons. The van der Waals surface area contributed by atoms with Crippen LogP contribution in [0.3, 0.4) is 0 Å². The van der Waals surface area contributed by atoms with E-state index in [1.807, 2.05) is 31.2 Å². The van der Waals surface area contributed by atoms with E-state index >= 15 is 0 Å². The molecule has 6 nitrogen and oxygen atoms in total. The fourth-order valence-electron chi connectivity index (χ4n) is 3.01. The molecule has 0 saturated carbocycles. The van der Waals surface area contributed by atoms with Crippen LogP contribution in [0.25, 0.3) is 11.4 Å². The predicted octanol–water partition coefficient (Wildman–Crippen LogP) is 1.45. The lowest BCUT2D eigenvalue weighted by Crippen LogP contribution is -2.44. The summed E-state index contributed by atoms with van der Waals surface area (Å²) in [6.45, 7) is 8.07. The minimum Gasteiger partial charge on any atom is -0.304 e. The lowest BCUT2D eigenvalue weighted by molar-refractivity contribution is 0.151. The molecular formula is C17H24N4O2. The molecule has 0 N–H and O–H groups in total. The molecule has 1 saturated heterocycles. The van der Waals surface area contributed by atoms with Crippen LogP contribution in [0.5, 0.6) is 0 Å². The molecule has 2 heterocycles. The number of rotatable bonds is 5. The van der Waals surface area contributed by atoms with E-state index < -0.39 is 0 Å². The van der Waals surface area contributed by atoms with Crippen molar-refractivity contribution in [3.8, 4) is 11.4 Å². The zero-order chi connectivity index (χ0) is 16.2. The van der Waals surface area contributed by atoms with Crippen LogP contribution in [0, 0.1) is 6.92 Å². The standard InChI is InChI=1S/C17H24N4O2/c1-14-6-3-4-7-15(14)16-18-23-17(22)21(16)9-5-8-20-12-10-19(2)11-13-20/h3-4,6-7H,5,8-13H2,1-2H3. The molecule has 1 aliphatic rings. The Morgan fingerprint density at radius 3 is 2.61 bits per heavy atom. The van der Waals surface area contributed by atoms with Crippen molar-refractivity contribution in [3.63, 3.8) is 0 Å². The van der Waals surface area contributed by atoms with Crippen LogP contribution in [-0.2, 0) is 6.54 Å². The van der Waals surface area contributed by atoms with E-state index in [1.165, 1.54) is 0 Å². The van der Waals surface area contributed by atoms with Gasteiger partial charge in [0.1, 0.15) is 0 Å². The Morgan fingerprint density at radius 2 is 1.87 bits per heavy atom. The summed E-state index contributed by atoms with van der Waals surface area (Å²) in [6.07, 6.45) is 0.920. The number of nitrogens with zero attached hydrogens (tertiary/aromatic N) is 4. The van der Waals surface area contributed by atoms with Crippen LogP contribution in [0.1, 0.15) is 12.0 Å². The summed E-state index contributed by atoms with van der Waals surface area (Å²) < 4.78 is 6.55. The lowest BCUT2D eigenvalue weighted by Gasteiger charge is -2.32. The monoisotopic (exact) mass is 316 g/mol. The molecular weight excluding hydrogens is 292 g/mol. The van der Waals surface area contributed by atoms with E-state index in [1.54, 1.807) is 4.57 Å². The molecule has 0 spiro atoms. The normalized spacial score (nSPS) is 16.8. The minimum atomic E-state index is -0.373. The van der Waals surface area contributed by atoms with Gasteiger partial charge in [0.25, 0.3) is 0 Å². The van der Waals surface area contributed by atoms with E-state index in [2.05, 4.69) is 22.0 Å². The predicted molar refractivity (Wildman–Crippen MR) is 89.5 cm³/mol. The number of benzene rings is 1. The third-order valence-electron chi connectivity index (χ3n) is 4.52. The minimum absolute atomic E-state index is 0.373. The third kappa shape index (κ3) is 3.71. The largest absolute Gasteiger partial charge is 0.441 e. The summed E-state index contributed by atoms with van der Waals surface area (Å²) in [5, 5.41) is 3.98. The van der Waals surface area contributed by atoms with Gasteiger partial charge in [-0.15, -0.1) is 0 Å². The number of hydrogen-bond donors (Lipinski definition) is 0. The summed E-state index contributed by atoms with van der Waals surface area (Å²) in [5.41, 5.74) is 2.05. The Hall–Kier alpha value is -1.92. The Morgan fingerprint density at radius 1 is 1.13 bits per heavy atom. The Kier molecular flexibility index (Phi) is 4.93. The maximum absolute atomic E-state index is 12.0. The van der Waals surface area contributed by atoms with Gasteiger partial charge in [-0.1, -0.05) is 29.4 Å². The lowest BCUT2D eigenvalue weighted by atomic mass is 10.1. The van der Waals surface area contributed by atoms with E-state index in [0.717, 1.165) is 50.3 Å². The van der Waals surface area contributed by atoms with Gasteiger partial charge < -0.3 is 9.80 Å². The summed E-state index contributed by atoms with van der Waals surface area (Å²) in [6, 6.07) is 7.93. The third-order valence-corrected chi connectivity index (χ3v) is 4.52. The number of piperazine rings is 1. The number of likely N-dealkylation sites (N-methyl/N-ethyl adjacent to an activating group) is 1. The van der Waals surface area contributed by atoms with E-state index in [4.69, 9.17) is 4.52 Å². The molecule has 23 heavy (non-hydrogen) atoms. The van der Waals surface area contributed by atoms with Gasteiger partial charge in [0.05, 0.1) is 0 Å². The molecule has 1 fully saturated rings. The van der Waals surface area contributed by atoms with Crippen molar-refractivity contribution in [2.24, 2.45) is 0 Å². The Bertz CT molecular complexity index is 699. The van der Waals surface area contributed by atoms with Gasteiger partial charge in [-0.25, -0.2) is 4.79 Å². The first-order chi connectivity index (χ1) is 11.1.